The maximum atomic E-state index is 14.5. The van der Waals surface area contributed by atoms with Crippen LogP contribution in [0.1, 0.15) is 42.8 Å². The van der Waals surface area contributed by atoms with E-state index in [1.54, 1.807) is 6.20 Å². The highest BCUT2D eigenvalue weighted by molar-refractivity contribution is 6.29. The molecule has 0 amide bonds. The number of nitrogen functional groups attached to an aromatic ring is 1. The maximum absolute atomic E-state index is 14.5. The first-order chi connectivity index (χ1) is 15.8. The molecule has 1 aliphatic heterocycles. The molecule has 0 unspecified atom stereocenters. The summed E-state index contributed by atoms with van der Waals surface area (Å²) in [5.74, 6) is 5.38. The first kappa shape index (κ1) is 24.6. The maximum Gasteiger partial charge on any atom is 0.163 e. The third kappa shape index (κ3) is 5.32. The minimum atomic E-state index is -0.693. The number of aryl methyl sites for hydroxylation is 1. The lowest BCUT2D eigenvalue weighted by Gasteiger charge is -2.24. The van der Waals surface area contributed by atoms with Crippen LogP contribution in [0.5, 0.6) is 0 Å². The Balaban J connectivity index is 2.09. The van der Waals surface area contributed by atoms with E-state index in [4.69, 9.17) is 28.3 Å². The number of nitrogens with zero attached hydrogens (tertiary/aromatic N) is 4. The third-order valence-electron chi connectivity index (χ3n) is 5.61. The van der Waals surface area contributed by atoms with E-state index in [0.717, 1.165) is 48.4 Å². The topological polar surface area (TPSA) is 119 Å². The average Bonchev–Trinajstić information content (AvgIpc) is 3.11. The number of hydrogen-bond donors (Lipinski definition) is 4. The van der Waals surface area contributed by atoms with Crippen molar-refractivity contribution in [2.24, 2.45) is 10.8 Å². The smallest absolute Gasteiger partial charge is 0.163 e. The lowest BCUT2D eigenvalue weighted by molar-refractivity contribution is 0.337. The van der Waals surface area contributed by atoms with Gasteiger partial charge in [-0.2, -0.15) is 5.10 Å². The van der Waals surface area contributed by atoms with Crippen molar-refractivity contribution < 1.29 is 4.39 Å². The van der Waals surface area contributed by atoms with E-state index >= 15 is 0 Å². The molecule has 3 heterocycles. The minimum absolute atomic E-state index is 0.0404. The quantitative estimate of drug-likeness (QED) is 0.167. The summed E-state index contributed by atoms with van der Waals surface area (Å²) in [6.45, 7) is 11.0. The summed E-state index contributed by atoms with van der Waals surface area (Å²) >= 11 is 5.83. The molecule has 33 heavy (non-hydrogen) atoms. The number of hydrogen-bond acceptors (Lipinski definition) is 6. The molecule has 0 saturated carbocycles. The van der Waals surface area contributed by atoms with Gasteiger partial charge in [0.1, 0.15) is 11.5 Å². The first-order valence-corrected chi connectivity index (χ1v) is 11.1. The fourth-order valence-electron chi connectivity index (χ4n) is 4.03. The van der Waals surface area contributed by atoms with Gasteiger partial charge < -0.3 is 16.5 Å². The van der Waals surface area contributed by atoms with Crippen LogP contribution in [-0.4, -0.2) is 33.7 Å². The summed E-state index contributed by atoms with van der Waals surface area (Å²) in [5.41, 5.74) is 12.8. The monoisotopic (exact) mass is 472 g/mol. The molecule has 0 aromatic carbocycles. The average molecular weight is 473 g/mol. The zero-order valence-corrected chi connectivity index (χ0v) is 19.9. The van der Waals surface area contributed by atoms with Gasteiger partial charge in [0.25, 0.3) is 0 Å². The molecule has 1 saturated heterocycles. The van der Waals surface area contributed by atoms with Crippen molar-refractivity contribution in [1.82, 2.24) is 25.5 Å². The van der Waals surface area contributed by atoms with Crippen LogP contribution in [0.15, 0.2) is 52.5 Å². The van der Waals surface area contributed by atoms with Gasteiger partial charge in [-0.15, -0.1) is 0 Å². The molecule has 2 aromatic rings. The zero-order chi connectivity index (χ0) is 24.1. The van der Waals surface area contributed by atoms with Crippen molar-refractivity contribution in [2.75, 3.05) is 18.8 Å². The fraction of sp³-hybridized carbons (Fsp3) is 0.348. The highest BCUT2D eigenvalue weighted by Crippen LogP contribution is 2.32. The number of nitrogens with one attached hydrogen (secondary N) is 2. The van der Waals surface area contributed by atoms with Crippen molar-refractivity contribution >= 4 is 23.3 Å². The number of anilines is 1. The summed E-state index contributed by atoms with van der Waals surface area (Å²) in [7, 11) is 0. The molecule has 1 fully saturated rings. The zero-order valence-electron chi connectivity index (χ0n) is 19.1. The molecular weight excluding hydrogens is 443 g/mol. The predicted octanol–water partition coefficient (Wildman–Crippen LogP) is 3.79. The molecular formula is C23H30ClFN8. The number of piperidine rings is 1. The standard InChI is InChI=1S/C23H30ClFN8/c1-5-6-19(21(25)13(2)24)30-23(31-27)18-11-16(12-29-22(18)26)20-14(3)32-33(15(20)4)17-7-9-28-10-8-17/h5-6,11-12,17,28H,1,7-10,27H2,2-4H3,(H2,26,29)(H,30,31)/b19-6+,21-13-. The lowest BCUT2D eigenvalue weighted by atomic mass is 10.0. The highest BCUT2D eigenvalue weighted by atomic mass is 35.5. The second-order valence-corrected chi connectivity index (χ2v) is 8.44. The van der Waals surface area contributed by atoms with Crippen LogP contribution in [0.2, 0.25) is 0 Å². The molecule has 0 bridgehead atoms. The number of aromatic nitrogens is 3. The van der Waals surface area contributed by atoms with Gasteiger partial charge in [-0.05, 0) is 58.8 Å². The number of nitrogens with two attached hydrogens (primary N) is 2. The van der Waals surface area contributed by atoms with Crippen LogP contribution in [0.25, 0.3) is 11.1 Å². The SMILES string of the molecule is C=C/C=C(N=C(NN)c1cc(-c2c(C)nn(C3CCNCC3)c2C)cnc1N)\C(F)=C(/C)Cl. The van der Waals surface area contributed by atoms with E-state index in [1.165, 1.54) is 19.1 Å². The molecule has 2 aromatic heterocycles. The molecule has 0 radical (unpaired) electrons. The van der Waals surface area contributed by atoms with Crippen LogP contribution < -0.4 is 22.3 Å². The number of allylic oxidation sites excluding steroid dienone is 4. The molecule has 8 nitrogen and oxygen atoms in total. The largest absolute Gasteiger partial charge is 0.383 e. The van der Waals surface area contributed by atoms with Gasteiger partial charge in [-0.3, -0.25) is 4.68 Å². The van der Waals surface area contributed by atoms with Crippen LogP contribution in [0.4, 0.5) is 10.2 Å². The fourth-order valence-corrected chi connectivity index (χ4v) is 4.12. The molecule has 1 aliphatic rings. The van der Waals surface area contributed by atoms with Gasteiger partial charge >= 0.3 is 0 Å². The molecule has 6 N–H and O–H groups in total. The van der Waals surface area contributed by atoms with Gasteiger partial charge in [0.15, 0.2) is 11.7 Å². The predicted molar refractivity (Wildman–Crippen MR) is 132 cm³/mol. The molecule has 10 heteroatoms. The summed E-state index contributed by atoms with van der Waals surface area (Å²) in [5, 5.41) is 8.15. The van der Waals surface area contributed by atoms with Crippen molar-refractivity contribution in [3.63, 3.8) is 0 Å². The first-order valence-electron chi connectivity index (χ1n) is 10.7. The Morgan fingerprint density at radius 1 is 1.39 bits per heavy atom. The van der Waals surface area contributed by atoms with Crippen LogP contribution in [0.3, 0.4) is 0 Å². The van der Waals surface area contributed by atoms with Gasteiger partial charge in [0.2, 0.25) is 0 Å². The Labute approximate surface area is 198 Å². The minimum Gasteiger partial charge on any atom is -0.383 e. The van der Waals surface area contributed by atoms with Gasteiger partial charge in [-0.25, -0.2) is 20.2 Å². The van der Waals surface area contributed by atoms with Crippen LogP contribution in [-0.2, 0) is 0 Å². The van der Waals surface area contributed by atoms with Crippen molar-refractivity contribution in [2.45, 2.75) is 39.7 Å². The normalized spacial score (nSPS) is 16.5. The Bertz CT molecular complexity index is 1120. The summed E-state index contributed by atoms with van der Waals surface area (Å²) < 4.78 is 16.6. The van der Waals surface area contributed by atoms with E-state index in [1.807, 2.05) is 13.0 Å². The van der Waals surface area contributed by atoms with Gasteiger partial charge in [0, 0.05) is 23.0 Å². The van der Waals surface area contributed by atoms with E-state index in [0.29, 0.717) is 11.6 Å². The highest BCUT2D eigenvalue weighted by Gasteiger charge is 2.23. The second kappa shape index (κ2) is 10.7. The van der Waals surface area contributed by atoms with E-state index < -0.39 is 5.83 Å². The number of amidine groups is 1. The number of hydrazine groups is 1. The lowest BCUT2D eigenvalue weighted by Crippen LogP contribution is -2.32. The van der Waals surface area contributed by atoms with E-state index in [-0.39, 0.29) is 22.4 Å². The molecule has 176 valence electrons. The van der Waals surface area contributed by atoms with Crippen LogP contribution in [0, 0.1) is 13.8 Å². The Morgan fingerprint density at radius 2 is 2.09 bits per heavy atom. The van der Waals surface area contributed by atoms with E-state index in [9.17, 15) is 4.39 Å². The summed E-state index contributed by atoms with van der Waals surface area (Å²) in [4.78, 5) is 8.64. The van der Waals surface area contributed by atoms with Crippen LogP contribution >= 0.6 is 11.6 Å². The van der Waals surface area contributed by atoms with Gasteiger partial charge in [-0.1, -0.05) is 24.3 Å². The Hall–Kier alpha value is -3.01. The number of halogens is 2. The number of aliphatic imine (C=N–C) groups is 1. The van der Waals surface area contributed by atoms with Crippen molar-refractivity contribution in [3.05, 3.63) is 64.5 Å². The number of pyridine rings is 1. The second-order valence-electron chi connectivity index (χ2n) is 7.87. The molecule has 0 spiro atoms. The van der Waals surface area contributed by atoms with Gasteiger partial charge in [0.05, 0.1) is 22.3 Å². The number of rotatable bonds is 6. The summed E-state index contributed by atoms with van der Waals surface area (Å²) in [6.07, 6.45) is 6.55. The molecule has 3 rings (SSSR count). The Morgan fingerprint density at radius 3 is 2.70 bits per heavy atom. The van der Waals surface area contributed by atoms with Crippen molar-refractivity contribution in [3.8, 4) is 11.1 Å². The van der Waals surface area contributed by atoms with Crippen molar-refractivity contribution in [1.29, 1.82) is 0 Å². The van der Waals surface area contributed by atoms with E-state index in [2.05, 4.69) is 38.9 Å². The Kier molecular flexibility index (Phi) is 8.01. The summed E-state index contributed by atoms with van der Waals surface area (Å²) in [6, 6.07) is 2.17. The molecule has 0 aliphatic carbocycles. The molecule has 0 atom stereocenters. The third-order valence-corrected chi connectivity index (χ3v) is 5.78.